The molecule has 0 spiro atoms. The van der Waals surface area contributed by atoms with Crippen molar-refractivity contribution < 1.29 is 9.18 Å². The molecule has 0 saturated heterocycles. The number of unbranched alkanes of at least 4 members (excludes halogenated alkanes) is 1. The van der Waals surface area contributed by atoms with Crippen LogP contribution in [-0.4, -0.2) is 26.9 Å². The minimum absolute atomic E-state index is 0.00764. The maximum Gasteiger partial charge on any atom is 0.254 e. The van der Waals surface area contributed by atoms with Crippen molar-refractivity contribution in [3.8, 4) is 0 Å². The molecule has 4 nitrogen and oxygen atoms in total. The molecule has 0 aliphatic heterocycles. The van der Waals surface area contributed by atoms with Crippen LogP contribution in [0.1, 0.15) is 49.3 Å². The fourth-order valence-corrected chi connectivity index (χ4v) is 3.86. The molecular weight excluding hydrogens is 468 g/mol. The number of aromatic nitrogens is 2. The van der Waals surface area contributed by atoms with E-state index in [4.69, 9.17) is 4.98 Å². The molecule has 0 unspecified atom stereocenters. The Morgan fingerprint density at radius 1 is 1.18 bits per heavy atom. The smallest absolute Gasteiger partial charge is 0.254 e. The number of carbonyl (C=O) groups excluding carboxylic acids is 1. The van der Waals surface area contributed by atoms with Gasteiger partial charge in [-0.05, 0) is 71.8 Å². The Labute approximate surface area is 178 Å². The van der Waals surface area contributed by atoms with Crippen molar-refractivity contribution in [1.29, 1.82) is 0 Å². The predicted molar refractivity (Wildman–Crippen MR) is 119 cm³/mol. The largest absolute Gasteiger partial charge is 0.331 e. The number of carbonyl (C=O) groups is 1. The highest BCUT2D eigenvalue weighted by Gasteiger charge is 2.20. The second-order valence-corrected chi connectivity index (χ2v) is 8.15. The molecule has 1 amide bonds. The monoisotopic (exact) mass is 493 g/mol. The third-order valence-corrected chi connectivity index (χ3v) is 5.38. The third-order valence-electron chi connectivity index (χ3n) is 4.71. The normalized spacial score (nSPS) is 11.1. The summed E-state index contributed by atoms with van der Waals surface area (Å²) in [6.45, 7) is 6.03. The van der Waals surface area contributed by atoms with Crippen molar-refractivity contribution in [1.82, 2.24) is 14.5 Å². The first kappa shape index (κ1) is 20.8. The zero-order chi connectivity index (χ0) is 20.1. The van der Waals surface area contributed by atoms with Gasteiger partial charge < -0.3 is 9.47 Å². The van der Waals surface area contributed by atoms with Gasteiger partial charge in [-0.1, -0.05) is 26.3 Å². The van der Waals surface area contributed by atoms with Gasteiger partial charge >= 0.3 is 0 Å². The fourth-order valence-electron chi connectivity index (χ4n) is 3.32. The van der Waals surface area contributed by atoms with Crippen molar-refractivity contribution in [2.75, 3.05) is 6.54 Å². The lowest BCUT2D eigenvalue weighted by molar-refractivity contribution is 0.0734. The van der Waals surface area contributed by atoms with Gasteiger partial charge in [0.2, 0.25) is 0 Å². The Bertz CT molecular complexity index is 970. The maximum atomic E-state index is 13.8. The van der Waals surface area contributed by atoms with Crippen LogP contribution in [0.25, 0.3) is 11.0 Å². The lowest BCUT2D eigenvalue weighted by atomic mass is 10.2. The second kappa shape index (κ2) is 9.49. The number of amides is 1. The van der Waals surface area contributed by atoms with Crippen LogP contribution in [0.3, 0.4) is 0 Å². The lowest BCUT2D eigenvalue weighted by Crippen LogP contribution is -2.32. The van der Waals surface area contributed by atoms with E-state index in [1.807, 2.05) is 33.7 Å². The number of nitrogens with zero attached hydrogens (tertiary/aromatic N) is 3. The van der Waals surface area contributed by atoms with Crippen LogP contribution in [0.5, 0.6) is 0 Å². The molecule has 1 aromatic heterocycles. The van der Waals surface area contributed by atoms with Crippen LogP contribution in [0, 0.1) is 9.39 Å². The highest BCUT2D eigenvalue weighted by atomic mass is 127. The Balaban J connectivity index is 1.96. The molecule has 6 heteroatoms. The fraction of sp³-hybridized carbons (Fsp3) is 0.364. The number of hydrogen-bond acceptors (Lipinski definition) is 2. The highest BCUT2D eigenvalue weighted by Crippen LogP contribution is 2.21. The summed E-state index contributed by atoms with van der Waals surface area (Å²) < 4.78 is 16.9. The molecule has 2 aromatic carbocycles. The van der Waals surface area contributed by atoms with Crippen LogP contribution in [-0.2, 0) is 13.1 Å². The number of benzene rings is 2. The van der Waals surface area contributed by atoms with Crippen LogP contribution in [0.2, 0.25) is 0 Å². The Hall–Kier alpha value is -1.96. The van der Waals surface area contributed by atoms with E-state index in [9.17, 15) is 9.18 Å². The number of rotatable bonds is 8. The summed E-state index contributed by atoms with van der Waals surface area (Å²) in [5.41, 5.74) is 2.24. The zero-order valence-corrected chi connectivity index (χ0v) is 18.4. The summed E-state index contributed by atoms with van der Waals surface area (Å²) in [4.78, 5) is 19.7. The van der Waals surface area contributed by atoms with E-state index in [0.717, 1.165) is 46.2 Å². The van der Waals surface area contributed by atoms with Gasteiger partial charge in [0.25, 0.3) is 5.91 Å². The third kappa shape index (κ3) is 4.71. The molecule has 3 rings (SSSR count). The number of imidazole rings is 1. The first-order valence-electron chi connectivity index (χ1n) is 9.73. The molecule has 3 aromatic rings. The molecule has 0 aliphatic rings. The summed E-state index contributed by atoms with van der Waals surface area (Å²) in [7, 11) is 0. The number of hydrogen-bond donors (Lipinski definition) is 0. The van der Waals surface area contributed by atoms with E-state index >= 15 is 0 Å². The molecule has 0 aliphatic carbocycles. The standard InChI is InChI=1S/C22H25FIN3O/c1-3-5-12-26(22(28)16-7-6-8-18(24)13-16)15-21-25-19-10-9-17(23)14-20(19)27(21)11-4-2/h6-10,13-14H,3-5,11-12,15H2,1-2H3. The Morgan fingerprint density at radius 2 is 2.00 bits per heavy atom. The van der Waals surface area contributed by atoms with Gasteiger partial charge in [-0.15, -0.1) is 0 Å². The lowest BCUT2D eigenvalue weighted by Gasteiger charge is -2.23. The van der Waals surface area contributed by atoms with Gasteiger partial charge in [0.05, 0.1) is 17.6 Å². The molecule has 0 N–H and O–H groups in total. The van der Waals surface area contributed by atoms with Crippen molar-refractivity contribution in [3.63, 3.8) is 0 Å². The van der Waals surface area contributed by atoms with Crippen molar-refractivity contribution in [2.24, 2.45) is 0 Å². The van der Waals surface area contributed by atoms with Gasteiger partial charge in [0.15, 0.2) is 0 Å². The molecule has 148 valence electrons. The molecule has 0 radical (unpaired) electrons. The summed E-state index contributed by atoms with van der Waals surface area (Å²) in [6.07, 6.45) is 2.85. The average molecular weight is 493 g/mol. The van der Waals surface area contributed by atoms with Crippen molar-refractivity contribution in [2.45, 2.75) is 46.2 Å². The Morgan fingerprint density at radius 3 is 2.71 bits per heavy atom. The average Bonchev–Trinajstić information content (AvgIpc) is 3.01. The van der Waals surface area contributed by atoms with Crippen LogP contribution < -0.4 is 0 Å². The molecule has 0 bridgehead atoms. The summed E-state index contributed by atoms with van der Waals surface area (Å²) in [5.74, 6) is 0.542. The van der Waals surface area contributed by atoms with E-state index in [1.54, 1.807) is 6.07 Å². The van der Waals surface area contributed by atoms with Crippen LogP contribution in [0.4, 0.5) is 4.39 Å². The first-order chi connectivity index (χ1) is 13.5. The zero-order valence-electron chi connectivity index (χ0n) is 16.3. The SMILES string of the molecule is CCCCN(Cc1nc2ccc(F)cc2n1CCC)C(=O)c1cccc(I)c1. The summed E-state index contributed by atoms with van der Waals surface area (Å²) >= 11 is 2.22. The maximum absolute atomic E-state index is 13.8. The van der Waals surface area contributed by atoms with E-state index < -0.39 is 0 Å². The van der Waals surface area contributed by atoms with Crippen LogP contribution >= 0.6 is 22.6 Å². The Kier molecular flexibility index (Phi) is 7.04. The predicted octanol–water partition coefficient (Wildman–Crippen LogP) is 5.63. The minimum Gasteiger partial charge on any atom is -0.331 e. The van der Waals surface area contributed by atoms with E-state index in [-0.39, 0.29) is 11.7 Å². The van der Waals surface area contributed by atoms with Crippen molar-refractivity contribution in [3.05, 3.63) is 63.2 Å². The molecule has 0 saturated carbocycles. The van der Waals surface area contributed by atoms with E-state index in [1.165, 1.54) is 12.1 Å². The molecule has 0 fully saturated rings. The highest BCUT2D eigenvalue weighted by molar-refractivity contribution is 14.1. The van der Waals surface area contributed by atoms with Crippen LogP contribution in [0.15, 0.2) is 42.5 Å². The van der Waals surface area contributed by atoms with Gasteiger partial charge in [-0.25, -0.2) is 9.37 Å². The van der Waals surface area contributed by atoms with Gasteiger partial charge in [-0.2, -0.15) is 0 Å². The second-order valence-electron chi connectivity index (χ2n) is 6.90. The summed E-state index contributed by atoms with van der Waals surface area (Å²) in [6, 6.07) is 12.3. The van der Waals surface area contributed by atoms with Crippen molar-refractivity contribution >= 4 is 39.5 Å². The number of aryl methyl sites for hydroxylation is 1. The first-order valence-corrected chi connectivity index (χ1v) is 10.8. The van der Waals surface area contributed by atoms with Gasteiger partial charge in [0, 0.05) is 22.2 Å². The molecule has 0 atom stereocenters. The quantitative estimate of drug-likeness (QED) is 0.382. The molecular formula is C22H25FIN3O. The molecule has 28 heavy (non-hydrogen) atoms. The summed E-state index contributed by atoms with van der Waals surface area (Å²) in [5, 5.41) is 0. The number of fused-ring (bicyclic) bond motifs is 1. The van der Waals surface area contributed by atoms with E-state index in [2.05, 4.69) is 36.4 Å². The van der Waals surface area contributed by atoms with Gasteiger partial charge in [0.1, 0.15) is 11.6 Å². The minimum atomic E-state index is -0.269. The van der Waals surface area contributed by atoms with E-state index in [0.29, 0.717) is 18.7 Å². The number of halogens is 2. The van der Waals surface area contributed by atoms with Gasteiger partial charge in [-0.3, -0.25) is 4.79 Å². The molecule has 1 heterocycles. The topological polar surface area (TPSA) is 38.1 Å².